The van der Waals surface area contributed by atoms with Crippen LogP contribution in [0.1, 0.15) is 41.6 Å². The van der Waals surface area contributed by atoms with E-state index in [-0.39, 0.29) is 6.04 Å². The number of allylic oxidation sites excluding steroid dienone is 2. The summed E-state index contributed by atoms with van der Waals surface area (Å²) in [5.74, 6) is 1.57. The fourth-order valence-electron chi connectivity index (χ4n) is 4.38. The number of nitrogens with one attached hydrogen (secondary N) is 1. The number of aryl methyl sites for hydroxylation is 1. The number of hydrogen-bond acceptors (Lipinski definition) is 7. The van der Waals surface area contributed by atoms with Gasteiger partial charge in [0.25, 0.3) is 0 Å². The molecule has 0 saturated carbocycles. The summed E-state index contributed by atoms with van der Waals surface area (Å²) < 4.78 is 10.8. The van der Waals surface area contributed by atoms with E-state index in [4.69, 9.17) is 9.47 Å². The zero-order chi connectivity index (χ0) is 22.4. The normalized spacial score (nSPS) is 19.1. The molecule has 1 heterocycles. The summed E-state index contributed by atoms with van der Waals surface area (Å²) in [6.07, 6.45) is 5.42. The van der Waals surface area contributed by atoms with E-state index in [0.29, 0.717) is 12.1 Å². The zero-order valence-electron chi connectivity index (χ0n) is 19.1. The van der Waals surface area contributed by atoms with Gasteiger partial charge in [0.15, 0.2) is 18.4 Å². The van der Waals surface area contributed by atoms with Crippen LogP contribution >= 0.6 is 0 Å². The molecule has 2 aliphatic rings. The van der Waals surface area contributed by atoms with Crippen LogP contribution in [0.5, 0.6) is 0 Å². The van der Waals surface area contributed by atoms with E-state index in [2.05, 4.69) is 17.3 Å². The number of rotatable bonds is 9. The Morgan fingerprint density at radius 1 is 1.26 bits per heavy atom. The number of nitrogens with zero attached hydrogens (tertiary/aromatic N) is 2. The van der Waals surface area contributed by atoms with Crippen molar-refractivity contribution in [2.75, 3.05) is 45.8 Å². The molecule has 1 aliphatic carbocycles. The smallest absolute Gasteiger partial charge is 0.184 e. The van der Waals surface area contributed by atoms with Crippen LogP contribution in [-0.4, -0.2) is 69.6 Å². The topological polar surface area (TPSA) is 74.3 Å². The van der Waals surface area contributed by atoms with Crippen molar-refractivity contribution in [3.63, 3.8) is 0 Å². The lowest BCUT2D eigenvalue weighted by molar-refractivity contribution is 0.109. The SMILES string of the molecule is COC1=C(OC)CCC(CNC(O)N(c2ccc(C)cc2C=O)C2CCN(C)CC2)=C1. The Morgan fingerprint density at radius 2 is 2.00 bits per heavy atom. The Kier molecular flexibility index (Phi) is 8.12. The first-order valence-electron chi connectivity index (χ1n) is 10.9. The van der Waals surface area contributed by atoms with Crippen molar-refractivity contribution >= 4 is 12.0 Å². The van der Waals surface area contributed by atoms with Crippen LogP contribution in [0, 0.1) is 6.92 Å². The van der Waals surface area contributed by atoms with Gasteiger partial charge in [0.05, 0.1) is 19.9 Å². The van der Waals surface area contributed by atoms with Gasteiger partial charge in [0.1, 0.15) is 5.76 Å². The second-order valence-electron chi connectivity index (χ2n) is 8.37. The number of piperidine rings is 1. The maximum atomic E-state index is 11.8. The number of aliphatic hydroxyl groups is 1. The van der Waals surface area contributed by atoms with Gasteiger partial charge in [-0.2, -0.15) is 0 Å². The highest BCUT2D eigenvalue weighted by molar-refractivity contribution is 5.85. The first kappa shape index (κ1) is 23.3. The van der Waals surface area contributed by atoms with Gasteiger partial charge in [-0.3, -0.25) is 10.1 Å². The number of likely N-dealkylation sites (tertiary alicyclic amines) is 1. The van der Waals surface area contributed by atoms with Crippen molar-refractivity contribution in [2.24, 2.45) is 0 Å². The molecule has 170 valence electrons. The third kappa shape index (κ3) is 5.67. The van der Waals surface area contributed by atoms with Crippen molar-refractivity contribution in [2.45, 2.75) is 45.0 Å². The molecule has 3 rings (SSSR count). The van der Waals surface area contributed by atoms with Gasteiger partial charge in [0, 0.05) is 24.6 Å². The Labute approximate surface area is 185 Å². The average Bonchev–Trinajstić information content (AvgIpc) is 2.79. The third-order valence-corrected chi connectivity index (χ3v) is 6.19. The quantitative estimate of drug-likeness (QED) is 0.462. The van der Waals surface area contributed by atoms with E-state index in [0.717, 1.165) is 73.4 Å². The Bertz CT molecular complexity index is 828. The molecule has 1 aliphatic heterocycles. The summed E-state index contributed by atoms with van der Waals surface area (Å²) in [5.41, 5.74) is 3.54. The molecule has 1 aromatic carbocycles. The number of aldehydes is 1. The molecule has 2 N–H and O–H groups in total. The van der Waals surface area contributed by atoms with E-state index in [9.17, 15) is 9.90 Å². The fraction of sp³-hybridized carbons (Fsp3) is 0.542. The van der Waals surface area contributed by atoms with Crippen molar-refractivity contribution < 1.29 is 19.4 Å². The molecule has 0 spiro atoms. The van der Waals surface area contributed by atoms with Gasteiger partial charge in [0.2, 0.25) is 0 Å². The molecule has 1 atom stereocenters. The van der Waals surface area contributed by atoms with E-state index in [1.807, 2.05) is 36.1 Å². The number of aliphatic hydroxyl groups excluding tert-OH is 1. The number of hydrogen-bond donors (Lipinski definition) is 2. The third-order valence-electron chi connectivity index (χ3n) is 6.19. The van der Waals surface area contributed by atoms with Crippen LogP contribution in [-0.2, 0) is 9.47 Å². The van der Waals surface area contributed by atoms with Crippen LogP contribution in [0.15, 0.2) is 41.4 Å². The van der Waals surface area contributed by atoms with Gasteiger partial charge in [-0.1, -0.05) is 17.2 Å². The van der Waals surface area contributed by atoms with Crippen LogP contribution in [0.4, 0.5) is 5.69 Å². The highest BCUT2D eigenvalue weighted by Crippen LogP contribution is 2.29. The minimum absolute atomic E-state index is 0.148. The molecule has 0 aromatic heterocycles. The van der Waals surface area contributed by atoms with E-state index in [1.54, 1.807) is 14.2 Å². The molecule has 0 amide bonds. The van der Waals surface area contributed by atoms with Gasteiger partial charge in [-0.25, -0.2) is 0 Å². The number of carbonyl (C=O) groups is 1. The molecule has 1 aromatic rings. The summed E-state index contributed by atoms with van der Waals surface area (Å²) in [7, 11) is 5.40. The first-order valence-corrected chi connectivity index (χ1v) is 10.9. The van der Waals surface area contributed by atoms with Crippen molar-refractivity contribution in [1.82, 2.24) is 10.2 Å². The maximum Gasteiger partial charge on any atom is 0.184 e. The minimum Gasteiger partial charge on any atom is -0.497 e. The minimum atomic E-state index is -0.908. The zero-order valence-corrected chi connectivity index (χ0v) is 19.1. The van der Waals surface area contributed by atoms with Gasteiger partial charge < -0.3 is 24.4 Å². The summed E-state index contributed by atoms with van der Waals surface area (Å²) in [5, 5.41) is 14.5. The summed E-state index contributed by atoms with van der Waals surface area (Å²) in [6.45, 7) is 4.42. The molecule has 7 nitrogen and oxygen atoms in total. The summed E-state index contributed by atoms with van der Waals surface area (Å²) in [4.78, 5) is 16.1. The van der Waals surface area contributed by atoms with Crippen LogP contribution in [0.3, 0.4) is 0 Å². The molecule has 0 radical (unpaired) electrons. The Morgan fingerprint density at radius 3 is 2.65 bits per heavy atom. The average molecular weight is 430 g/mol. The lowest BCUT2D eigenvalue weighted by Crippen LogP contribution is -2.54. The monoisotopic (exact) mass is 429 g/mol. The Balaban J connectivity index is 1.80. The predicted molar refractivity (Wildman–Crippen MR) is 122 cm³/mol. The number of carbonyl (C=O) groups excluding carboxylic acids is 1. The molecule has 1 fully saturated rings. The maximum absolute atomic E-state index is 11.8. The highest BCUT2D eigenvalue weighted by Gasteiger charge is 2.30. The Hall–Kier alpha value is -2.35. The van der Waals surface area contributed by atoms with Gasteiger partial charge in [-0.05, 0) is 64.5 Å². The molecule has 7 heteroatoms. The van der Waals surface area contributed by atoms with Crippen LogP contribution in [0.25, 0.3) is 0 Å². The molecule has 0 bridgehead atoms. The summed E-state index contributed by atoms with van der Waals surface area (Å²) >= 11 is 0. The van der Waals surface area contributed by atoms with Crippen molar-refractivity contribution in [1.29, 1.82) is 0 Å². The van der Waals surface area contributed by atoms with Crippen molar-refractivity contribution in [3.05, 3.63) is 52.5 Å². The predicted octanol–water partition coefficient (Wildman–Crippen LogP) is 2.80. The highest BCUT2D eigenvalue weighted by atomic mass is 16.5. The van der Waals surface area contributed by atoms with E-state index >= 15 is 0 Å². The molecule has 1 saturated heterocycles. The lowest BCUT2D eigenvalue weighted by Gasteiger charge is -2.42. The number of methoxy groups -OCH3 is 2. The fourth-order valence-corrected chi connectivity index (χ4v) is 4.38. The van der Waals surface area contributed by atoms with Gasteiger partial charge in [-0.15, -0.1) is 0 Å². The van der Waals surface area contributed by atoms with Crippen molar-refractivity contribution in [3.8, 4) is 0 Å². The van der Waals surface area contributed by atoms with E-state index < -0.39 is 6.35 Å². The number of anilines is 1. The largest absolute Gasteiger partial charge is 0.497 e. The lowest BCUT2D eigenvalue weighted by atomic mass is 10.0. The second kappa shape index (κ2) is 10.8. The molecular weight excluding hydrogens is 394 g/mol. The van der Waals surface area contributed by atoms with Crippen LogP contribution in [0.2, 0.25) is 0 Å². The van der Waals surface area contributed by atoms with Gasteiger partial charge >= 0.3 is 0 Å². The number of ether oxygens (including phenoxy) is 2. The second-order valence-corrected chi connectivity index (χ2v) is 8.37. The summed E-state index contributed by atoms with van der Waals surface area (Å²) in [6, 6.07) is 5.96. The standard InChI is InChI=1S/C24H35N3O4/c1-17-5-7-21(19(13-17)16-28)27(20-9-11-26(2)12-10-20)24(29)25-15-18-6-8-22(30-3)23(14-18)31-4/h5,7,13-14,16,20,24-25,29H,6,8-12,15H2,1-4H3. The molecular formula is C24H35N3O4. The van der Waals surface area contributed by atoms with E-state index in [1.165, 1.54) is 0 Å². The molecule has 31 heavy (non-hydrogen) atoms. The molecule has 1 unspecified atom stereocenters. The first-order chi connectivity index (χ1) is 15.0. The van der Waals surface area contributed by atoms with Crippen LogP contribution < -0.4 is 10.2 Å². The number of benzene rings is 1.